The van der Waals surface area contributed by atoms with Gasteiger partial charge in [-0.25, -0.2) is 4.79 Å². The molecule has 1 aromatic carbocycles. The number of anilines is 1. The summed E-state index contributed by atoms with van der Waals surface area (Å²) >= 11 is 0. The second-order valence-corrected chi connectivity index (χ2v) is 5.32. The van der Waals surface area contributed by atoms with Crippen LogP contribution < -0.4 is 5.32 Å². The van der Waals surface area contributed by atoms with Gasteiger partial charge in [0.2, 0.25) is 18.2 Å². The maximum Gasteiger partial charge on any atom is 0.337 e. The summed E-state index contributed by atoms with van der Waals surface area (Å²) < 4.78 is 4.62. The third-order valence-electron chi connectivity index (χ3n) is 3.70. The van der Waals surface area contributed by atoms with Gasteiger partial charge in [-0.15, -0.1) is 0 Å². The highest BCUT2D eigenvalue weighted by Gasteiger charge is 2.22. The molecule has 0 saturated carbocycles. The molecule has 8 nitrogen and oxygen atoms in total. The molecular formula is C16H19N3O5. The molecule has 24 heavy (non-hydrogen) atoms. The molecule has 0 unspecified atom stereocenters. The Hall–Kier alpha value is -2.90. The van der Waals surface area contributed by atoms with Crippen LogP contribution in [0.2, 0.25) is 0 Å². The summed E-state index contributed by atoms with van der Waals surface area (Å²) in [6, 6.07) is 6.29. The molecule has 128 valence electrons. The fraction of sp³-hybridized carbons (Fsp3) is 0.375. The predicted molar refractivity (Wildman–Crippen MR) is 85.2 cm³/mol. The minimum Gasteiger partial charge on any atom is -0.465 e. The van der Waals surface area contributed by atoms with E-state index < -0.39 is 11.9 Å². The second kappa shape index (κ2) is 8.09. The number of nitrogens with zero attached hydrogens (tertiary/aromatic N) is 2. The number of rotatable bonds is 5. The highest BCUT2D eigenvalue weighted by Crippen LogP contribution is 2.12. The number of piperazine rings is 1. The maximum absolute atomic E-state index is 12.1. The molecule has 0 aromatic heterocycles. The molecule has 2 rings (SSSR count). The fourth-order valence-corrected chi connectivity index (χ4v) is 2.37. The van der Waals surface area contributed by atoms with E-state index in [1.54, 1.807) is 28.0 Å². The van der Waals surface area contributed by atoms with Gasteiger partial charge in [-0.3, -0.25) is 14.4 Å². The van der Waals surface area contributed by atoms with Crippen molar-refractivity contribution in [3.63, 3.8) is 0 Å². The first kappa shape index (κ1) is 17.5. The van der Waals surface area contributed by atoms with Gasteiger partial charge >= 0.3 is 5.97 Å². The Balaban J connectivity index is 1.88. The van der Waals surface area contributed by atoms with Crippen LogP contribution in [-0.2, 0) is 19.1 Å². The van der Waals surface area contributed by atoms with E-state index in [0.29, 0.717) is 37.4 Å². The van der Waals surface area contributed by atoms with Crippen molar-refractivity contribution in [2.75, 3.05) is 38.6 Å². The van der Waals surface area contributed by atoms with Crippen molar-refractivity contribution in [2.45, 2.75) is 6.42 Å². The molecule has 0 bridgehead atoms. The van der Waals surface area contributed by atoms with E-state index in [9.17, 15) is 19.2 Å². The quantitative estimate of drug-likeness (QED) is 0.468. The Bertz CT molecular complexity index is 638. The summed E-state index contributed by atoms with van der Waals surface area (Å²) in [5, 5.41) is 2.59. The summed E-state index contributed by atoms with van der Waals surface area (Å²) in [6.07, 6.45) is 0.465. The van der Waals surface area contributed by atoms with Gasteiger partial charge in [0, 0.05) is 31.9 Å². The number of benzene rings is 1. The number of carbonyl (C=O) groups excluding carboxylic acids is 4. The number of hydrogen-bond acceptors (Lipinski definition) is 5. The first-order valence-electron chi connectivity index (χ1n) is 7.49. The zero-order valence-corrected chi connectivity index (χ0v) is 13.4. The Morgan fingerprint density at radius 1 is 1.21 bits per heavy atom. The van der Waals surface area contributed by atoms with Crippen LogP contribution in [0.1, 0.15) is 16.8 Å². The highest BCUT2D eigenvalue weighted by molar-refractivity contribution is 6.04. The molecule has 0 radical (unpaired) electrons. The van der Waals surface area contributed by atoms with Gasteiger partial charge in [-0.05, 0) is 18.2 Å². The van der Waals surface area contributed by atoms with E-state index in [0.717, 1.165) is 6.41 Å². The number of methoxy groups -OCH3 is 1. The van der Waals surface area contributed by atoms with Crippen molar-refractivity contribution in [3.8, 4) is 0 Å². The van der Waals surface area contributed by atoms with E-state index in [-0.39, 0.29) is 12.3 Å². The van der Waals surface area contributed by atoms with Crippen molar-refractivity contribution >= 4 is 29.9 Å². The van der Waals surface area contributed by atoms with Crippen molar-refractivity contribution in [3.05, 3.63) is 29.8 Å². The minimum atomic E-state index is -0.504. The number of hydrogen-bond donors (Lipinski definition) is 1. The van der Waals surface area contributed by atoms with Crippen molar-refractivity contribution in [1.29, 1.82) is 0 Å². The zero-order chi connectivity index (χ0) is 17.5. The van der Waals surface area contributed by atoms with Crippen LogP contribution in [0.25, 0.3) is 0 Å². The third-order valence-corrected chi connectivity index (χ3v) is 3.70. The molecule has 1 aliphatic heterocycles. The van der Waals surface area contributed by atoms with Crippen LogP contribution in [0.15, 0.2) is 24.3 Å². The summed E-state index contributed by atoms with van der Waals surface area (Å²) in [7, 11) is 1.27. The number of carbonyl (C=O) groups is 4. The van der Waals surface area contributed by atoms with Crippen molar-refractivity contribution < 1.29 is 23.9 Å². The standard InChI is InChI=1S/C16H19N3O5/c1-24-16(23)12-3-2-4-13(9-12)17-14(21)10-15(22)19-7-5-18(11-20)6-8-19/h2-4,9,11H,5-8,10H2,1H3,(H,17,21). The average Bonchev–Trinajstić information content (AvgIpc) is 2.61. The first-order valence-corrected chi connectivity index (χ1v) is 7.49. The van der Waals surface area contributed by atoms with Crippen molar-refractivity contribution in [2.24, 2.45) is 0 Å². The largest absolute Gasteiger partial charge is 0.465 e. The van der Waals surface area contributed by atoms with E-state index in [2.05, 4.69) is 10.1 Å². The highest BCUT2D eigenvalue weighted by atomic mass is 16.5. The van der Waals surface area contributed by atoms with E-state index in [4.69, 9.17) is 0 Å². The van der Waals surface area contributed by atoms with Crippen LogP contribution in [0.4, 0.5) is 5.69 Å². The number of ether oxygens (including phenoxy) is 1. The Morgan fingerprint density at radius 2 is 1.92 bits per heavy atom. The molecule has 0 spiro atoms. The monoisotopic (exact) mass is 333 g/mol. The Morgan fingerprint density at radius 3 is 2.54 bits per heavy atom. The number of nitrogens with one attached hydrogen (secondary N) is 1. The molecule has 0 atom stereocenters. The zero-order valence-electron chi connectivity index (χ0n) is 13.4. The molecule has 3 amide bonds. The molecule has 1 heterocycles. The molecular weight excluding hydrogens is 314 g/mol. The van der Waals surface area contributed by atoms with Crippen LogP contribution in [0.3, 0.4) is 0 Å². The first-order chi connectivity index (χ1) is 11.5. The van der Waals surface area contributed by atoms with Gasteiger partial charge in [0.15, 0.2) is 0 Å². The summed E-state index contributed by atoms with van der Waals surface area (Å²) in [6.45, 7) is 1.78. The Kier molecular flexibility index (Phi) is 5.89. The van der Waals surface area contributed by atoms with Gasteiger partial charge in [0.1, 0.15) is 6.42 Å². The van der Waals surface area contributed by atoms with Gasteiger partial charge in [0.05, 0.1) is 12.7 Å². The summed E-state index contributed by atoms with van der Waals surface area (Å²) in [5.41, 5.74) is 0.730. The van der Waals surface area contributed by atoms with Crippen LogP contribution in [0.5, 0.6) is 0 Å². The number of amides is 3. The van der Waals surface area contributed by atoms with Gasteiger partial charge in [-0.1, -0.05) is 6.07 Å². The van der Waals surface area contributed by atoms with Crippen LogP contribution in [0, 0.1) is 0 Å². The minimum absolute atomic E-state index is 0.288. The molecule has 1 aromatic rings. The topological polar surface area (TPSA) is 96.0 Å². The molecule has 1 aliphatic rings. The summed E-state index contributed by atoms with van der Waals surface area (Å²) in [5.74, 6) is -1.25. The van der Waals surface area contributed by atoms with Gasteiger partial charge in [-0.2, -0.15) is 0 Å². The molecule has 8 heteroatoms. The third kappa shape index (κ3) is 4.55. The van der Waals surface area contributed by atoms with E-state index >= 15 is 0 Å². The molecule has 1 saturated heterocycles. The fourth-order valence-electron chi connectivity index (χ4n) is 2.37. The normalized spacial score (nSPS) is 14.0. The van der Waals surface area contributed by atoms with E-state index in [1.807, 2.05) is 0 Å². The molecule has 1 N–H and O–H groups in total. The maximum atomic E-state index is 12.1. The van der Waals surface area contributed by atoms with Gasteiger partial charge < -0.3 is 19.9 Å². The van der Waals surface area contributed by atoms with Gasteiger partial charge in [0.25, 0.3) is 0 Å². The van der Waals surface area contributed by atoms with E-state index in [1.165, 1.54) is 13.2 Å². The average molecular weight is 333 g/mol. The lowest BCUT2D eigenvalue weighted by molar-refractivity contribution is -0.137. The lowest BCUT2D eigenvalue weighted by Crippen LogP contribution is -2.48. The summed E-state index contributed by atoms with van der Waals surface area (Å²) in [4.78, 5) is 49.3. The smallest absolute Gasteiger partial charge is 0.337 e. The predicted octanol–water partition coefficient (Wildman–Crippen LogP) is 0.102. The second-order valence-electron chi connectivity index (χ2n) is 5.32. The molecule has 1 fully saturated rings. The molecule has 0 aliphatic carbocycles. The lowest BCUT2D eigenvalue weighted by Gasteiger charge is -2.32. The lowest BCUT2D eigenvalue weighted by atomic mass is 10.2. The Labute approximate surface area is 139 Å². The SMILES string of the molecule is COC(=O)c1cccc(NC(=O)CC(=O)N2CCN(C=O)CC2)c1. The van der Waals surface area contributed by atoms with Crippen LogP contribution in [-0.4, -0.2) is 67.3 Å². The van der Waals surface area contributed by atoms with Crippen LogP contribution >= 0.6 is 0 Å². The van der Waals surface area contributed by atoms with Crippen molar-refractivity contribution in [1.82, 2.24) is 9.80 Å². The number of esters is 1.